The van der Waals surface area contributed by atoms with Crippen molar-refractivity contribution >= 4 is 45.6 Å². The third-order valence-corrected chi connectivity index (χ3v) is 6.27. The van der Waals surface area contributed by atoms with Crippen LogP contribution in [0.25, 0.3) is 0 Å². The minimum atomic E-state index is 0. The van der Waals surface area contributed by atoms with Gasteiger partial charge >= 0.3 is 0 Å². The fourth-order valence-electron chi connectivity index (χ4n) is 3.64. The van der Waals surface area contributed by atoms with Crippen molar-refractivity contribution in [2.45, 2.75) is 31.7 Å². The van der Waals surface area contributed by atoms with E-state index in [1.807, 2.05) is 6.07 Å². The van der Waals surface area contributed by atoms with Gasteiger partial charge in [-0.1, -0.05) is 0 Å². The van der Waals surface area contributed by atoms with Gasteiger partial charge < -0.3 is 11.1 Å². The predicted octanol–water partition coefficient (Wildman–Crippen LogP) is 2.96. The van der Waals surface area contributed by atoms with Crippen LogP contribution in [0.5, 0.6) is 0 Å². The Labute approximate surface area is 138 Å². The van der Waals surface area contributed by atoms with E-state index in [-0.39, 0.29) is 30.3 Å². The maximum absolute atomic E-state index is 12.2. The summed E-state index contributed by atoms with van der Waals surface area (Å²) in [4.78, 5) is 13.5. The number of carbonyl (C=O) groups excluding carboxylic acids is 1. The van der Waals surface area contributed by atoms with Gasteiger partial charge in [0.15, 0.2) is 0 Å². The van der Waals surface area contributed by atoms with E-state index >= 15 is 0 Å². The summed E-state index contributed by atoms with van der Waals surface area (Å²) >= 11 is 5.18. The molecule has 1 aromatic heterocycles. The molecule has 112 valence electrons. The van der Waals surface area contributed by atoms with Crippen LogP contribution < -0.4 is 11.1 Å². The highest BCUT2D eigenvalue weighted by Gasteiger charge is 2.48. The zero-order chi connectivity index (χ0) is 13.4. The molecule has 1 heterocycles. The second-order valence-electron chi connectivity index (χ2n) is 5.68. The SMILES string of the molecule is Cl.NC1C2CCC(C2)C1C(=O)NCCc1ccc(Br)s1. The fraction of sp³-hybridized carbons (Fsp3) is 0.643. The molecule has 4 unspecified atom stereocenters. The summed E-state index contributed by atoms with van der Waals surface area (Å²) in [6, 6.07) is 4.24. The van der Waals surface area contributed by atoms with Crippen LogP contribution in [0, 0.1) is 17.8 Å². The summed E-state index contributed by atoms with van der Waals surface area (Å²) in [5, 5.41) is 3.07. The van der Waals surface area contributed by atoms with E-state index in [2.05, 4.69) is 27.3 Å². The first-order valence-corrected chi connectivity index (χ1v) is 8.53. The van der Waals surface area contributed by atoms with Crippen molar-refractivity contribution in [3.63, 3.8) is 0 Å². The Morgan fingerprint density at radius 2 is 2.15 bits per heavy atom. The number of fused-ring (bicyclic) bond motifs is 2. The Bertz CT molecular complexity index is 479. The minimum absolute atomic E-state index is 0. The van der Waals surface area contributed by atoms with Crippen molar-refractivity contribution in [2.75, 3.05) is 6.54 Å². The van der Waals surface area contributed by atoms with Gasteiger partial charge in [-0.2, -0.15) is 0 Å². The van der Waals surface area contributed by atoms with Crippen LogP contribution in [0.3, 0.4) is 0 Å². The van der Waals surface area contributed by atoms with Gasteiger partial charge in [-0.25, -0.2) is 0 Å². The van der Waals surface area contributed by atoms with E-state index in [0.29, 0.717) is 18.4 Å². The number of amides is 1. The number of halogens is 2. The number of nitrogens with one attached hydrogen (secondary N) is 1. The maximum Gasteiger partial charge on any atom is 0.224 e. The zero-order valence-corrected chi connectivity index (χ0v) is 14.4. The van der Waals surface area contributed by atoms with E-state index in [1.54, 1.807) is 11.3 Å². The lowest BCUT2D eigenvalue weighted by Gasteiger charge is -2.26. The molecule has 1 aromatic rings. The van der Waals surface area contributed by atoms with Gasteiger partial charge in [-0.15, -0.1) is 23.7 Å². The Morgan fingerprint density at radius 1 is 1.40 bits per heavy atom. The molecular formula is C14H20BrClN2OS. The average molecular weight is 380 g/mol. The van der Waals surface area contributed by atoms with Gasteiger partial charge in [0.25, 0.3) is 0 Å². The van der Waals surface area contributed by atoms with Crippen molar-refractivity contribution < 1.29 is 4.79 Å². The summed E-state index contributed by atoms with van der Waals surface area (Å²) in [5.74, 6) is 1.37. The van der Waals surface area contributed by atoms with Crippen LogP contribution >= 0.6 is 39.7 Å². The molecule has 0 radical (unpaired) electrons. The van der Waals surface area contributed by atoms with E-state index in [0.717, 1.165) is 16.6 Å². The zero-order valence-electron chi connectivity index (χ0n) is 11.2. The van der Waals surface area contributed by atoms with Crippen LogP contribution in [0.4, 0.5) is 0 Å². The lowest BCUT2D eigenvalue weighted by atomic mass is 9.84. The summed E-state index contributed by atoms with van der Waals surface area (Å²) in [7, 11) is 0. The first-order valence-electron chi connectivity index (χ1n) is 6.92. The molecule has 4 atom stereocenters. The highest BCUT2D eigenvalue weighted by molar-refractivity contribution is 9.11. The van der Waals surface area contributed by atoms with Gasteiger partial charge in [0.2, 0.25) is 5.91 Å². The Morgan fingerprint density at radius 3 is 2.75 bits per heavy atom. The van der Waals surface area contributed by atoms with Gasteiger partial charge in [-0.05, 0) is 65.6 Å². The highest BCUT2D eigenvalue weighted by Crippen LogP contribution is 2.47. The first kappa shape index (κ1) is 16.3. The van der Waals surface area contributed by atoms with Crippen molar-refractivity contribution in [2.24, 2.45) is 23.5 Å². The lowest BCUT2D eigenvalue weighted by molar-refractivity contribution is -0.127. The number of hydrogen-bond donors (Lipinski definition) is 2. The maximum atomic E-state index is 12.2. The molecule has 6 heteroatoms. The first-order chi connectivity index (χ1) is 9.15. The van der Waals surface area contributed by atoms with E-state index in [4.69, 9.17) is 5.73 Å². The van der Waals surface area contributed by atoms with E-state index in [1.165, 1.54) is 17.7 Å². The smallest absolute Gasteiger partial charge is 0.224 e. The van der Waals surface area contributed by atoms with Gasteiger partial charge in [-0.3, -0.25) is 4.79 Å². The second kappa shape index (κ2) is 6.77. The molecule has 2 bridgehead atoms. The lowest BCUT2D eigenvalue weighted by Crippen LogP contribution is -2.45. The Hall–Kier alpha value is -0.100. The quantitative estimate of drug-likeness (QED) is 0.845. The summed E-state index contributed by atoms with van der Waals surface area (Å²) in [6.45, 7) is 0.715. The molecular weight excluding hydrogens is 360 g/mol. The van der Waals surface area contributed by atoms with Gasteiger partial charge in [0, 0.05) is 17.5 Å². The second-order valence-corrected chi connectivity index (χ2v) is 8.23. The molecule has 3 rings (SSSR count). The molecule has 3 nitrogen and oxygen atoms in total. The molecule has 2 fully saturated rings. The molecule has 0 saturated heterocycles. The van der Waals surface area contributed by atoms with Crippen LogP contribution in [0.1, 0.15) is 24.1 Å². The monoisotopic (exact) mass is 378 g/mol. The van der Waals surface area contributed by atoms with Gasteiger partial charge in [0.1, 0.15) is 0 Å². The van der Waals surface area contributed by atoms with Crippen molar-refractivity contribution in [3.05, 3.63) is 20.8 Å². The number of carbonyl (C=O) groups is 1. The minimum Gasteiger partial charge on any atom is -0.355 e. The number of nitrogens with two attached hydrogens (primary N) is 1. The van der Waals surface area contributed by atoms with Gasteiger partial charge in [0.05, 0.1) is 9.70 Å². The summed E-state index contributed by atoms with van der Waals surface area (Å²) in [5.41, 5.74) is 6.19. The van der Waals surface area contributed by atoms with Crippen molar-refractivity contribution in [3.8, 4) is 0 Å². The van der Waals surface area contributed by atoms with E-state index < -0.39 is 0 Å². The number of rotatable bonds is 4. The third kappa shape index (κ3) is 3.21. The molecule has 1 amide bonds. The molecule has 3 N–H and O–H groups in total. The van der Waals surface area contributed by atoms with Crippen molar-refractivity contribution in [1.82, 2.24) is 5.32 Å². The summed E-state index contributed by atoms with van der Waals surface area (Å²) in [6.07, 6.45) is 4.47. The normalized spacial score (nSPS) is 31.1. The van der Waals surface area contributed by atoms with Crippen LogP contribution in [-0.4, -0.2) is 18.5 Å². The molecule has 0 aliphatic heterocycles. The Kier molecular flexibility index (Phi) is 5.51. The predicted molar refractivity (Wildman–Crippen MR) is 88.3 cm³/mol. The molecule has 2 aliphatic carbocycles. The van der Waals surface area contributed by atoms with E-state index in [9.17, 15) is 4.79 Å². The Balaban J connectivity index is 0.00000147. The highest BCUT2D eigenvalue weighted by atomic mass is 79.9. The fourth-order valence-corrected chi connectivity index (χ4v) is 5.12. The number of hydrogen-bond acceptors (Lipinski definition) is 3. The molecule has 0 aromatic carbocycles. The molecule has 20 heavy (non-hydrogen) atoms. The topological polar surface area (TPSA) is 55.1 Å². The van der Waals surface area contributed by atoms with Crippen LogP contribution in [0.2, 0.25) is 0 Å². The standard InChI is InChI=1S/C14H19BrN2OS.ClH/c15-11-4-3-10(19-11)5-6-17-14(18)12-8-1-2-9(7-8)13(12)16;/h3-4,8-9,12-13H,1-2,5-7,16H2,(H,17,18);1H. The largest absolute Gasteiger partial charge is 0.355 e. The average Bonchev–Trinajstić information content (AvgIpc) is 3.05. The molecule has 2 aliphatic rings. The summed E-state index contributed by atoms with van der Waals surface area (Å²) < 4.78 is 1.14. The number of thiophene rings is 1. The third-order valence-electron chi connectivity index (χ3n) is 4.58. The van der Waals surface area contributed by atoms with Crippen molar-refractivity contribution in [1.29, 1.82) is 0 Å². The molecule has 2 saturated carbocycles. The van der Waals surface area contributed by atoms with Crippen LogP contribution in [0.15, 0.2) is 15.9 Å². The molecule has 0 spiro atoms. The van der Waals surface area contributed by atoms with Crippen LogP contribution in [-0.2, 0) is 11.2 Å².